The summed E-state index contributed by atoms with van der Waals surface area (Å²) in [6.45, 7) is 1.56. The number of alkyl halides is 3. The van der Waals surface area contributed by atoms with Crippen LogP contribution in [0.25, 0.3) is 0 Å². The van der Waals surface area contributed by atoms with E-state index in [1.54, 1.807) is 36.5 Å². The van der Waals surface area contributed by atoms with Crippen LogP contribution in [0.2, 0.25) is 5.02 Å². The van der Waals surface area contributed by atoms with Crippen LogP contribution in [0.4, 0.5) is 18.9 Å². The molecule has 0 aliphatic rings. The first-order valence-corrected chi connectivity index (χ1v) is 7.63. The molecule has 0 bridgehead atoms. The maximum absolute atomic E-state index is 12.3. The monoisotopic (exact) mass is 383 g/mol. The van der Waals surface area contributed by atoms with E-state index in [0.717, 1.165) is 0 Å². The second-order valence-corrected chi connectivity index (χ2v) is 5.62. The van der Waals surface area contributed by atoms with Gasteiger partial charge in [0.05, 0.1) is 5.71 Å². The van der Waals surface area contributed by atoms with Gasteiger partial charge in [-0.1, -0.05) is 29.8 Å². The number of nitrogens with one attached hydrogen (secondary N) is 2. The topological polar surface area (TPSA) is 70.6 Å². The summed E-state index contributed by atoms with van der Waals surface area (Å²) in [5.41, 5.74) is 3.36. The standard InChI is InChI=1S/C17H13ClF3N3O2/c1-10(23-24-15(25)12-5-2-6-13(18)8-12)11-4-3-7-14(9-11)22-16(26)17(19,20)21/h2-9H,1H3,(H,22,26)(H,24,25). The maximum Gasteiger partial charge on any atom is 0.471 e. The lowest BCUT2D eigenvalue weighted by atomic mass is 10.1. The van der Waals surface area contributed by atoms with Gasteiger partial charge in [0.15, 0.2) is 0 Å². The van der Waals surface area contributed by atoms with Crippen LogP contribution in [0, 0.1) is 0 Å². The number of nitrogens with zero attached hydrogens (tertiary/aromatic N) is 1. The average molecular weight is 384 g/mol. The van der Waals surface area contributed by atoms with Gasteiger partial charge in [0.25, 0.3) is 5.91 Å². The maximum atomic E-state index is 12.3. The molecule has 2 aromatic carbocycles. The lowest BCUT2D eigenvalue weighted by molar-refractivity contribution is -0.167. The Morgan fingerprint density at radius 3 is 2.35 bits per heavy atom. The van der Waals surface area contributed by atoms with Crippen molar-refractivity contribution in [3.8, 4) is 0 Å². The molecule has 0 aromatic heterocycles. The Balaban J connectivity index is 2.10. The molecule has 0 radical (unpaired) electrons. The second-order valence-electron chi connectivity index (χ2n) is 5.18. The van der Waals surface area contributed by atoms with Gasteiger partial charge in [0, 0.05) is 16.3 Å². The molecule has 9 heteroatoms. The molecule has 2 rings (SSSR count). The van der Waals surface area contributed by atoms with Gasteiger partial charge >= 0.3 is 12.1 Å². The Hall–Kier alpha value is -2.87. The smallest absolute Gasteiger partial charge is 0.318 e. The number of benzene rings is 2. The molecule has 2 aromatic rings. The van der Waals surface area contributed by atoms with Crippen LogP contribution >= 0.6 is 11.6 Å². The summed E-state index contributed by atoms with van der Waals surface area (Å²) in [5.74, 6) is -2.56. The highest BCUT2D eigenvalue weighted by atomic mass is 35.5. The van der Waals surface area contributed by atoms with Crippen LogP contribution in [-0.2, 0) is 4.79 Å². The summed E-state index contributed by atoms with van der Waals surface area (Å²) in [5, 5.41) is 6.06. The molecule has 26 heavy (non-hydrogen) atoms. The van der Waals surface area contributed by atoms with Crippen LogP contribution < -0.4 is 10.7 Å². The lowest BCUT2D eigenvalue weighted by Crippen LogP contribution is -2.29. The van der Waals surface area contributed by atoms with Gasteiger partial charge in [-0.25, -0.2) is 5.43 Å². The molecule has 5 nitrogen and oxygen atoms in total. The fourth-order valence-electron chi connectivity index (χ4n) is 1.92. The molecule has 0 spiro atoms. The largest absolute Gasteiger partial charge is 0.471 e. The van der Waals surface area contributed by atoms with Crippen molar-refractivity contribution in [3.05, 3.63) is 64.7 Å². The number of anilines is 1. The first-order valence-electron chi connectivity index (χ1n) is 7.25. The van der Waals surface area contributed by atoms with Gasteiger partial charge in [-0.05, 0) is 42.8 Å². The normalized spacial score (nSPS) is 11.8. The number of hydrazone groups is 1. The number of halogens is 4. The quantitative estimate of drug-likeness (QED) is 0.619. The van der Waals surface area contributed by atoms with E-state index in [0.29, 0.717) is 21.9 Å². The molecule has 0 fully saturated rings. The van der Waals surface area contributed by atoms with Crippen molar-refractivity contribution in [3.63, 3.8) is 0 Å². The molecular formula is C17H13ClF3N3O2. The van der Waals surface area contributed by atoms with E-state index in [2.05, 4.69) is 10.5 Å². The molecule has 0 aliphatic carbocycles. The number of hydrogen-bond donors (Lipinski definition) is 2. The van der Waals surface area contributed by atoms with E-state index in [1.165, 1.54) is 24.3 Å². The summed E-state index contributed by atoms with van der Waals surface area (Å²) in [6.07, 6.45) is -4.98. The third kappa shape index (κ3) is 5.32. The van der Waals surface area contributed by atoms with Crippen molar-refractivity contribution in [1.29, 1.82) is 0 Å². The molecule has 2 amide bonds. The van der Waals surface area contributed by atoms with Crippen LogP contribution in [-0.4, -0.2) is 23.7 Å². The van der Waals surface area contributed by atoms with Crippen molar-refractivity contribution in [2.45, 2.75) is 13.1 Å². The zero-order valence-corrected chi connectivity index (χ0v) is 14.2. The van der Waals surface area contributed by atoms with Gasteiger partial charge in [-0.2, -0.15) is 18.3 Å². The number of amides is 2. The summed E-state index contributed by atoms with van der Waals surface area (Å²) in [7, 11) is 0. The van der Waals surface area contributed by atoms with Gasteiger partial charge in [0.1, 0.15) is 0 Å². The Bertz CT molecular complexity index is 866. The fraction of sp³-hybridized carbons (Fsp3) is 0.118. The van der Waals surface area contributed by atoms with E-state index in [4.69, 9.17) is 11.6 Å². The Labute approximate surface area is 151 Å². The average Bonchev–Trinajstić information content (AvgIpc) is 2.58. The van der Waals surface area contributed by atoms with Crippen molar-refractivity contribution in [1.82, 2.24) is 5.43 Å². The van der Waals surface area contributed by atoms with Crippen molar-refractivity contribution in [2.24, 2.45) is 5.10 Å². The molecule has 136 valence electrons. The van der Waals surface area contributed by atoms with E-state index in [9.17, 15) is 22.8 Å². The molecule has 0 saturated heterocycles. The fourth-order valence-corrected chi connectivity index (χ4v) is 2.11. The molecule has 0 atom stereocenters. The van der Waals surface area contributed by atoms with Crippen LogP contribution in [0.5, 0.6) is 0 Å². The van der Waals surface area contributed by atoms with Crippen molar-refractivity contribution < 1.29 is 22.8 Å². The molecule has 0 unspecified atom stereocenters. The third-order valence-electron chi connectivity index (χ3n) is 3.21. The van der Waals surface area contributed by atoms with Gasteiger partial charge in [0.2, 0.25) is 0 Å². The SMILES string of the molecule is CC(=NNC(=O)c1cccc(Cl)c1)c1cccc(NC(=O)C(F)(F)F)c1. The molecule has 2 N–H and O–H groups in total. The summed E-state index contributed by atoms with van der Waals surface area (Å²) >= 11 is 5.81. The predicted octanol–water partition coefficient (Wildman–Crippen LogP) is 3.99. The molecular weight excluding hydrogens is 371 g/mol. The number of rotatable bonds is 4. The number of carbonyl (C=O) groups is 2. The second kappa shape index (κ2) is 8.01. The summed E-state index contributed by atoms with van der Waals surface area (Å²) < 4.78 is 36.9. The first kappa shape index (κ1) is 19.5. The molecule has 0 saturated carbocycles. The highest BCUT2D eigenvalue weighted by Crippen LogP contribution is 2.19. The minimum absolute atomic E-state index is 0.0412. The van der Waals surface area contributed by atoms with Crippen LogP contribution in [0.3, 0.4) is 0 Å². The van der Waals surface area contributed by atoms with Crippen molar-refractivity contribution in [2.75, 3.05) is 5.32 Å². The van der Waals surface area contributed by atoms with Crippen molar-refractivity contribution >= 4 is 34.8 Å². The third-order valence-corrected chi connectivity index (χ3v) is 3.44. The van der Waals surface area contributed by atoms with E-state index in [-0.39, 0.29) is 5.69 Å². The molecule has 0 heterocycles. The van der Waals surface area contributed by atoms with Gasteiger partial charge in [-0.15, -0.1) is 0 Å². The Kier molecular flexibility index (Phi) is 5.99. The minimum Gasteiger partial charge on any atom is -0.318 e. The highest BCUT2D eigenvalue weighted by molar-refractivity contribution is 6.31. The van der Waals surface area contributed by atoms with Crippen LogP contribution in [0.1, 0.15) is 22.8 Å². The van der Waals surface area contributed by atoms with E-state index < -0.39 is 18.0 Å². The summed E-state index contributed by atoms with van der Waals surface area (Å²) in [6, 6.07) is 11.9. The van der Waals surface area contributed by atoms with Gasteiger partial charge in [-0.3, -0.25) is 9.59 Å². The highest BCUT2D eigenvalue weighted by Gasteiger charge is 2.38. The predicted molar refractivity (Wildman–Crippen MR) is 92.3 cm³/mol. The number of carbonyl (C=O) groups excluding carboxylic acids is 2. The Morgan fingerprint density at radius 1 is 1.04 bits per heavy atom. The minimum atomic E-state index is -4.98. The van der Waals surface area contributed by atoms with Gasteiger partial charge < -0.3 is 5.32 Å². The summed E-state index contributed by atoms with van der Waals surface area (Å²) in [4.78, 5) is 23.0. The number of hydrogen-bond acceptors (Lipinski definition) is 3. The zero-order valence-electron chi connectivity index (χ0n) is 13.4. The Morgan fingerprint density at radius 2 is 1.69 bits per heavy atom. The van der Waals surface area contributed by atoms with E-state index in [1.807, 2.05) is 0 Å². The molecule has 0 aliphatic heterocycles. The lowest BCUT2D eigenvalue weighted by Gasteiger charge is -2.09. The first-order chi connectivity index (χ1) is 12.2. The zero-order chi connectivity index (χ0) is 19.3. The van der Waals surface area contributed by atoms with Crippen LogP contribution in [0.15, 0.2) is 53.6 Å². The van der Waals surface area contributed by atoms with E-state index >= 15 is 0 Å².